The van der Waals surface area contributed by atoms with Gasteiger partial charge >= 0.3 is 0 Å². The van der Waals surface area contributed by atoms with Gasteiger partial charge in [-0.1, -0.05) is 30.3 Å². The van der Waals surface area contributed by atoms with Gasteiger partial charge in [-0.05, 0) is 12.3 Å². The van der Waals surface area contributed by atoms with Crippen molar-refractivity contribution in [2.24, 2.45) is 0 Å². The molecule has 1 aromatic rings. The normalized spacial score (nSPS) is 7.15. The average molecular weight is 182 g/mol. The van der Waals surface area contributed by atoms with Crippen molar-refractivity contribution in [2.45, 2.75) is 6.54 Å². The highest BCUT2D eigenvalue weighted by Crippen LogP contribution is 1.95. The van der Waals surface area contributed by atoms with Gasteiger partial charge in [-0.2, -0.15) is 0 Å². The van der Waals surface area contributed by atoms with Gasteiger partial charge in [0.05, 0.1) is 0 Å². The maximum absolute atomic E-state index is 8.27. The van der Waals surface area contributed by atoms with E-state index in [9.17, 15) is 0 Å². The lowest BCUT2D eigenvalue weighted by molar-refractivity contribution is -0.0979. The van der Waals surface area contributed by atoms with E-state index < -0.39 is 0 Å². The molecule has 0 saturated heterocycles. The first-order chi connectivity index (χ1) is 6.43. The van der Waals surface area contributed by atoms with Crippen molar-refractivity contribution in [3.8, 4) is 0 Å². The number of rotatable bonds is 2. The number of nitrogens with one attached hydrogen (secondary N) is 2. The van der Waals surface area contributed by atoms with Gasteiger partial charge < -0.3 is 15.4 Å². The number of hydroxylamine groups is 1. The van der Waals surface area contributed by atoms with Crippen molar-refractivity contribution in [2.75, 3.05) is 0 Å². The van der Waals surface area contributed by atoms with Gasteiger partial charge in [0.1, 0.15) is 6.79 Å². The summed E-state index contributed by atoms with van der Waals surface area (Å²) in [5, 5.41) is 13.8. The van der Waals surface area contributed by atoms with E-state index in [-0.39, 0.29) is 0 Å². The maximum atomic E-state index is 8.27. The van der Waals surface area contributed by atoms with E-state index in [4.69, 9.17) is 15.4 Å². The first-order valence-electron chi connectivity index (χ1n) is 3.48. The van der Waals surface area contributed by atoms with Crippen LogP contribution in [0, 0.1) is 5.41 Å². The highest BCUT2D eigenvalue weighted by Gasteiger charge is 1.84. The summed E-state index contributed by atoms with van der Waals surface area (Å²) in [6.45, 7) is 5.01. The monoisotopic (exact) mass is 182 g/mol. The van der Waals surface area contributed by atoms with Crippen LogP contribution >= 0.6 is 0 Å². The molecule has 0 aliphatic carbocycles. The van der Waals surface area contributed by atoms with E-state index in [1.165, 1.54) is 0 Å². The molecule has 0 aromatic heterocycles. The van der Waals surface area contributed by atoms with Gasteiger partial charge in [-0.25, -0.2) is 5.48 Å². The van der Waals surface area contributed by atoms with Crippen molar-refractivity contribution in [3.63, 3.8) is 0 Å². The molecule has 0 amide bonds. The zero-order valence-electron chi connectivity index (χ0n) is 7.36. The summed E-state index contributed by atoms with van der Waals surface area (Å²) >= 11 is 0. The summed E-state index contributed by atoms with van der Waals surface area (Å²) in [4.78, 5) is 8.00. The first kappa shape index (κ1) is 14.0. The third kappa shape index (κ3) is 8.39. The van der Waals surface area contributed by atoms with Crippen LogP contribution in [0.5, 0.6) is 0 Å². The van der Waals surface area contributed by atoms with E-state index >= 15 is 0 Å². The van der Waals surface area contributed by atoms with Crippen LogP contribution in [0.4, 0.5) is 0 Å². The van der Waals surface area contributed by atoms with Crippen LogP contribution in [-0.2, 0) is 11.3 Å². The topological polar surface area (TPSA) is 73.2 Å². The summed E-state index contributed by atoms with van der Waals surface area (Å²) < 4.78 is 0. The second-order valence-electron chi connectivity index (χ2n) is 1.82. The highest BCUT2D eigenvalue weighted by molar-refractivity contribution is 5.15. The van der Waals surface area contributed by atoms with Gasteiger partial charge in [-0.15, -0.1) is 0 Å². The third-order valence-electron chi connectivity index (χ3n) is 1.13. The first-order valence-corrected chi connectivity index (χ1v) is 3.48. The second-order valence-corrected chi connectivity index (χ2v) is 1.82. The quantitative estimate of drug-likeness (QED) is 0.476. The van der Waals surface area contributed by atoms with Crippen molar-refractivity contribution in [1.29, 1.82) is 5.41 Å². The molecule has 0 saturated carbocycles. The minimum Gasteiger partial charge on any atom is -0.317 e. The van der Waals surface area contributed by atoms with Crippen molar-refractivity contribution in [1.82, 2.24) is 5.48 Å². The van der Waals surface area contributed by atoms with Gasteiger partial charge in [0.15, 0.2) is 0 Å². The Morgan fingerprint density at radius 3 is 2.08 bits per heavy atom. The van der Waals surface area contributed by atoms with E-state index in [2.05, 4.69) is 12.2 Å². The Labute approximate surface area is 77.7 Å². The zero-order valence-corrected chi connectivity index (χ0v) is 7.36. The molecule has 4 nitrogen and oxygen atoms in total. The van der Waals surface area contributed by atoms with Crippen LogP contribution in [0.15, 0.2) is 30.3 Å². The summed E-state index contributed by atoms with van der Waals surface area (Å²) in [7, 11) is 0. The van der Waals surface area contributed by atoms with Crippen LogP contribution in [0.3, 0.4) is 0 Å². The zero-order chi connectivity index (χ0) is 10.5. The smallest absolute Gasteiger partial charge is 0.106 e. The molecule has 0 aliphatic heterocycles. The third-order valence-corrected chi connectivity index (χ3v) is 1.13. The fourth-order valence-electron chi connectivity index (χ4n) is 0.687. The van der Waals surface area contributed by atoms with Crippen molar-refractivity contribution in [3.05, 3.63) is 35.9 Å². The number of carbonyl (C=O) groups excluding carboxylic acids is 1. The summed E-state index contributed by atoms with van der Waals surface area (Å²) in [6, 6.07) is 9.71. The fraction of sp³-hybridized carbons (Fsp3) is 0.111. The number of benzene rings is 1. The van der Waals surface area contributed by atoms with Gasteiger partial charge in [0, 0.05) is 6.54 Å². The SMILES string of the molecule is C=N.C=O.ONCc1ccccc1. The molecule has 4 heteroatoms. The maximum Gasteiger partial charge on any atom is 0.106 e. The molecule has 1 aromatic carbocycles. The number of hydrogen-bond donors (Lipinski definition) is 3. The van der Waals surface area contributed by atoms with Crippen LogP contribution in [-0.4, -0.2) is 18.7 Å². The van der Waals surface area contributed by atoms with E-state index in [0.717, 1.165) is 5.56 Å². The Balaban J connectivity index is 0. The number of hydrogen-bond acceptors (Lipinski definition) is 4. The molecule has 0 spiro atoms. The summed E-state index contributed by atoms with van der Waals surface area (Å²) in [5.74, 6) is 0. The molecule has 0 aliphatic rings. The molecular formula is C9H14N2O2. The minimum atomic E-state index is 0.515. The molecule has 0 bridgehead atoms. The summed E-state index contributed by atoms with van der Waals surface area (Å²) in [5.41, 5.74) is 3.17. The van der Waals surface area contributed by atoms with Crippen molar-refractivity contribution < 1.29 is 10.0 Å². The fourth-order valence-corrected chi connectivity index (χ4v) is 0.687. The van der Waals surface area contributed by atoms with Crippen LogP contribution in [0.1, 0.15) is 5.56 Å². The molecule has 3 N–H and O–H groups in total. The molecule has 13 heavy (non-hydrogen) atoms. The van der Waals surface area contributed by atoms with Crippen LogP contribution in [0.2, 0.25) is 0 Å². The Kier molecular flexibility index (Phi) is 14.1. The predicted molar refractivity (Wildman–Crippen MR) is 52.0 cm³/mol. The van der Waals surface area contributed by atoms with E-state index in [1.807, 2.05) is 37.1 Å². The lowest BCUT2D eigenvalue weighted by atomic mass is 10.2. The van der Waals surface area contributed by atoms with Gasteiger partial charge in [0.2, 0.25) is 0 Å². The lowest BCUT2D eigenvalue weighted by Gasteiger charge is -1.94. The van der Waals surface area contributed by atoms with E-state index in [0.29, 0.717) is 6.54 Å². The summed E-state index contributed by atoms with van der Waals surface area (Å²) in [6.07, 6.45) is 0. The molecule has 1 rings (SSSR count). The Morgan fingerprint density at radius 1 is 1.23 bits per heavy atom. The second kappa shape index (κ2) is 13.1. The average Bonchev–Trinajstić information content (AvgIpc) is 2.26. The number of carbonyl (C=O) groups is 1. The molecular weight excluding hydrogens is 168 g/mol. The standard InChI is InChI=1S/C7H9NO.CH3N.CH2O/c9-8-6-7-4-2-1-3-5-7;2*1-2/h1-5,8-9H,6H2;2H,1H2;1H2. The molecule has 0 unspecified atom stereocenters. The Bertz CT molecular complexity index is 190. The Hall–Kier alpha value is -1.52. The molecule has 0 heterocycles. The van der Waals surface area contributed by atoms with Crippen LogP contribution < -0.4 is 5.48 Å². The Morgan fingerprint density at radius 2 is 1.69 bits per heavy atom. The van der Waals surface area contributed by atoms with Gasteiger partial charge in [0.25, 0.3) is 0 Å². The molecule has 72 valence electrons. The molecule has 0 fully saturated rings. The van der Waals surface area contributed by atoms with Crippen molar-refractivity contribution >= 4 is 13.5 Å². The molecule has 0 radical (unpaired) electrons. The van der Waals surface area contributed by atoms with Crippen LogP contribution in [0.25, 0.3) is 0 Å². The minimum absolute atomic E-state index is 0.515. The molecule has 0 atom stereocenters. The predicted octanol–water partition coefficient (Wildman–Crippen LogP) is 1.25. The highest BCUT2D eigenvalue weighted by atomic mass is 16.5. The lowest BCUT2D eigenvalue weighted by Crippen LogP contribution is -2.05. The largest absolute Gasteiger partial charge is 0.317 e. The van der Waals surface area contributed by atoms with E-state index in [1.54, 1.807) is 0 Å². The van der Waals surface area contributed by atoms with Gasteiger partial charge in [-0.3, -0.25) is 0 Å².